The number of benzene rings is 1. The van der Waals surface area contributed by atoms with Gasteiger partial charge in [0, 0.05) is 35.9 Å². The fourth-order valence-electron chi connectivity index (χ4n) is 3.84. The van der Waals surface area contributed by atoms with Crippen LogP contribution in [0, 0.1) is 0 Å². The van der Waals surface area contributed by atoms with Crippen LogP contribution in [0.3, 0.4) is 0 Å². The molecule has 0 radical (unpaired) electrons. The van der Waals surface area contributed by atoms with Crippen molar-refractivity contribution in [3.8, 4) is 11.1 Å². The third kappa shape index (κ3) is 1.66. The zero-order valence-corrected chi connectivity index (χ0v) is 12.4. The maximum atomic E-state index is 12.6. The molecule has 1 aliphatic carbocycles. The van der Waals surface area contributed by atoms with Gasteiger partial charge in [-0.1, -0.05) is 12.1 Å². The van der Waals surface area contributed by atoms with Gasteiger partial charge in [0.05, 0.1) is 5.41 Å². The monoisotopic (exact) mass is 301 g/mol. The van der Waals surface area contributed by atoms with E-state index in [4.69, 9.17) is 0 Å². The second kappa shape index (κ2) is 4.32. The van der Waals surface area contributed by atoms with Crippen molar-refractivity contribution < 1.29 is 4.79 Å². The van der Waals surface area contributed by atoms with E-state index in [1.54, 1.807) is 6.20 Å². The van der Waals surface area contributed by atoms with E-state index in [1.807, 2.05) is 42.7 Å². The maximum absolute atomic E-state index is 12.6. The number of H-pyrrole nitrogens is 1. The average molecular weight is 301 g/mol. The Bertz CT molecular complexity index is 902. The van der Waals surface area contributed by atoms with E-state index in [0.29, 0.717) is 0 Å². The number of anilines is 1. The van der Waals surface area contributed by atoms with Gasteiger partial charge in [-0.15, -0.1) is 0 Å². The summed E-state index contributed by atoms with van der Waals surface area (Å²) in [6, 6.07) is 14.2. The van der Waals surface area contributed by atoms with Crippen molar-refractivity contribution in [2.45, 2.75) is 17.8 Å². The standard InChI is InChI=1S/C19H15N3O/c23-18-19(10-15(19)16-4-2-8-21-16)14-9-12(5-6-17(14)22-18)13-3-1-7-20-11-13/h1-9,11,15,21H,10H2,(H,22,23)/t15-,19?/m0/s1. The Balaban J connectivity index is 1.62. The molecule has 2 N–H and O–H groups in total. The van der Waals surface area contributed by atoms with Crippen molar-refractivity contribution in [3.05, 3.63) is 72.3 Å². The summed E-state index contributed by atoms with van der Waals surface area (Å²) >= 11 is 0. The molecule has 2 atom stereocenters. The lowest BCUT2D eigenvalue weighted by molar-refractivity contribution is -0.118. The number of pyridine rings is 1. The van der Waals surface area contributed by atoms with Gasteiger partial charge in [0.25, 0.3) is 0 Å². The topological polar surface area (TPSA) is 57.8 Å². The van der Waals surface area contributed by atoms with Crippen LogP contribution in [0.5, 0.6) is 0 Å². The number of carbonyl (C=O) groups is 1. The number of rotatable bonds is 2. The zero-order valence-electron chi connectivity index (χ0n) is 12.4. The highest BCUT2D eigenvalue weighted by molar-refractivity contribution is 6.10. The Hall–Kier alpha value is -2.88. The highest BCUT2D eigenvalue weighted by atomic mass is 16.2. The Labute approximate surface area is 133 Å². The molecule has 3 aromatic rings. The molecule has 0 saturated heterocycles. The Morgan fingerprint density at radius 2 is 2.09 bits per heavy atom. The molecule has 1 aromatic carbocycles. The summed E-state index contributed by atoms with van der Waals surface area (Å²) in [5.41, 5.74) is 4.96. The molecule has 23 heavy (non-hydrogen) atoms. The van der Waals surface area contributed by atoms with E-state index >= 15 is 0 Å². The molecule has 0 bridgehead atoms. The molecule has 1 aliphatic heterocycles. The first-order valence-electron chi connectivity index (χ1n) is 7.79. The highest BCUT2D eigenvalue weighted by Gasteiger charge is 2.65. The van der Waals surface area contributed by atoms with Crippen LogP contribution >= 0.6 is 0 Å². The summed E-state index contributed by atoms with van der Waals surface area (Å²) in [5.74, 6) is 0.360. The van der Waals surface area contributed by atoms with Gasteiger partial charge in [0.15, 0.2) is 0 Å². The van der Waals surface area contributed by atoms with Gasteiger partial charge in [-0.3, -0.25) is 9.78 Å². The summed E-state index contributed by atoms with van der Waals surface area (Å²) in [6.45, 7) is 0. The molecule has 1 amide bonds. The number of aromatic amines is 1. The maximum Gasteiger partial charge on any atom is 0.235 e. The van der Waals surface area contributed by atoms with Crippen molar-refractivity contribution in [1.82, 2.24) is 9.97 Å². The van der Waals surface area contributed by atoms with Crippen LogP contribution < -0.4 is 5.32 Å². The van der Waals surface area contributed by atoms with Gasteiger partial charge >= 0.3 is 0 Å². The number of amides is 1. The minimum atomic E-state index is -0.404. The second-order valence-corrected chi connectivity index (χ2v) is 6.31. The molecule has 1 unspecified atom stereocenters. The first kappa shape index (κ1) is 12.6. The first-order chi connectivity index (χ1) is 11.3. The van der Waals surface area contributed by atoms with E-state index in [0.717, 1.165) is 34.5 Å². The second-order valence-electron chi connectivity index (χ2n) is 6.31. The molecule has 2 aromatic heterocycles. The number of carbonyl (C=O) groups excluding carboxylic acids is 1. The number of aromatic nitrogens is 2. The Morgan fingerprint density at radius 3 is 2.87 bits per heavy atom. The minimum Gasteiger partial charge on any atom is -0.365 e. The lowest BCUT2D eigenvalue weighted by Crippen LogP contribution is -2.21. The van der Waals surface area contributed by atoms with E-state index in [2.05, 4.69) is 27.4 Å². The fraction of sp³-hybridized carbons (Fsp3) is 0.158. The summed E-state index contributed by atoms with van der Waals surface area (Å²) in [5, 5.41) is 3.05. The van der Waals surface area contributed by atoms with Crippen LogP contribution in [0.2, 0.25) is 0 Å². The molecule has 1 fully saturated rings. The molecule has 4 heteroatoms. The van der Waals surface area contributed by atoms with Crippen molar-refractivity contribution in [2.75, 3.05) is 5.32 Å². The summed E-state index contributed by atoms with van der Waals surface area (Å²) in [4.78, 5) is 20.1. The molecule has 1 spiro atoms. The van der Waals surface area contributed by atoms with Crippen molar-refractivity contribution in [3.63, 3.8) is 0 Å². The molecule has 3 heterocycles. The smallest absolute Gasteiger partial charge is 0.235 e. The summed E-state index contributed by atoms with van der Waals surface area (Å²) < 4.78 is 0. The van der Waals surface area contributed by atoms with Crippen LogP contribution in [0.15, 0.2) is 61.1 Å². The summed E-state index contributed by atoms with van der Waals surface area (Å²) in [7, 11) is 0. The lowest BCUT2D eigenvalue weighted by Gasteiger charge is -2.10. The van der Waals surface area contributed by atoms with E-state index in [1.165, 1.54) is 0 Å². The lowest BCUT2D eigenvalue weighted by atomic mass is 9.91. The van der Waals surface area contributed by atoms with Crippen LogP contribution in [0.1, 0.15) is 23.6 Å². The number of hydrogen-bond acceptors (Lipinski definition) is 2. The van der Waals surface area contributed by atoms with Gasteiger partial charge in [0.2, 0.25) is 5.91 Å². The number of fused-ring (bicyclic) bond motifs is 2. The van der Waals surface area contributed by atoms with Gasteiger partial charge in [-0.2, -0.15) is 0 Å². The Morgan fingerprint density at radius 1 is 1.13 bits per heavy atom. The zero-order chi connectivity index (χ0) is 15.4. The average Bonchev–Trinajstić information content (AvgIpc) is 2.98. The quantitative estimate of drug-likeness (QED) is 0.761. The fourth-order valence-corrected chi connectivity index (χ4v) is 3.84. The largest absolute Gasteiger partial charge is 0.365 e. The molecule has 2 aliphatic rings. The van der Waals surface area contributed by atoms with Crippen LogP contribution in [-0.2, 0) is 10.2 Å². The van der Waals surface area contributed by atoms with Gasteiger partial charge < -0.3 is 10.3 Å². The molecule has 1 saturated carbocycles. The number of hydrogen-bond donors (Lipinski definition) is 2. The summed E-state index contributed by atoms with van der Waals surface area (Å²) in [6.07, 6.45) is 6.41. The van der Waals surface area contributed by atoms with Crippen molar-refractivity contribution >= 4 is 11.6 Å². The molecule has 4 nitrogen and oxygen atoms in total. The van der Waals surface area contributed by atoms with Gasteiger partial charge in [0.1, 0.15) is 0 Å². The van der Waals surface area contributed by atoms with Crippen molar-refractivity contribution in [2.24, 2.45) is 0 Å². The SMILES string of the molecule is O=C1Nc2ccc(-c3cccnc3)cc2C12C[C@H]2c1ccc[nH]1. The number of nitrogens with one attached hydrogen (secondary N) is 2. The third-order valence-corrected chi connectivity index (χ3v) is 5.11. The number of nitrogens with zero attached hydrogens (tertiary/aromatic N) is 1. The van der Waals surface area contributed by atoms with Crippen molar-refractivity contribution in [1.29, 1.82) is 0 Å². The van der Waals surface area contributed by atoms with Gasteiger partial charge in [-0.25, -0.2) is 0 Å². The molecular weight excluding hydrogens is 286 g/mol. The van der Waals surface area contributed by atoms with E-state index in [-0.39, 0.29) is 11.8 Å². The predicted octanol–water partition coefficient (Wildman–Crippen LogP) is 3.45. The first-order valence-corrected chi connectivity index (χ1v) is 7.79. The van der Waals surface area contributed by atoms with Crippen LogP contribution in [-0.4, -0.2) is 15.9 Å². The molecule has 112 valence electrons. The van der Waals surface area contributed by atoms with Crippen LogP contribution in [0.4, 0.5) is 5.69 Å². The Kier molecular flexibility index (Phi) is 2.37. The minimum absolute atomic E-state index is 0.121. The normalized spacial score (nSPS) is 24.5. The third-order valence-electron chi connectivity index (χ3n) is 5.11. The van der Waals surface area contributed by atoms with Gasteiger partial charge in [-0.05, 0) is 53.4 Å². The predicted molar refractivity (Wildman–Crippen MR) is 88.1 cm³/mol. The molecule has 5 rings (SSSR count). The molecular formula is C19H15N3O. The van der Waals surface area contributed by atoms with E-state index < -0.39 is 5.41 Å². The highest BCUT2D eigenvalue weighted by Crippen LogP contribution is 2.64. The van der Waals surface area contributed by atoms with Crippen LogP contribution in [0.25, 0.3) is 11.1 Å². The van der Waals surface area contributed by atoms with E-state index in [9.17, 15) is 4.79 Å².